The summed E-state index contributed by atoms with van der Waals surface area (Å²) in [6.45, 7) is 2.75. The maximum Gasteiger partial charge on any atom is 0.128 e. The van der Waals surface area contributed by atoms with Crippen LogP contribution in [0.15, 0.2) is 24.4 Å². The topological polar surface area (TPSA) is 70.2 Å². The maximum atomic E-state index is 10.0. The molecule has 2 aliphatic heterocycles. The van der Waals surface area contributed by atoms with Crippen molar-refractivity contribution < 1.29 is 9.84 Å². The maximum absolute atomic E-state index is 10.0. The van der Waals surface area contributed by atoms with E-state index in [2.05, 4.69) is 27.6 Å². The zero-order valence-corrected chi connectivity index (χ0v) is 12.6. The first-order valence-electron chi connectivity index (χ1n) is 7.94. The molecule has 0 radical (unpaired) electrons. The summed E-state index contributed by atoms with van der Waals surface area (Å²) in [6.07, 6.45) is 4.66. The second kappa shape index (κ2) is 5.41. The van der Waals surface area contributed by atoms with Crippen LogP contribution in [0.25, 0.3) is 11.3 Å². The van der Waals surface area contributed by atoms with Crippen LogP contribution in [0, 0.1) is 0 Å². The lowest BCUT2D eigenvalue weighted by molar-refractivity contribution is 0.158. The molecule has 0 atom stereocenters. The van der Waals surface area contributed by atoms with Crippen LogP contribution in [0.4, 0.5) is 0 Å². The number of aliphatic hydroxyl groups is 1. The van der Waals surface area contributed by atoms with E-state index in [0.717, 1.165) is 49.4 Å². The lowest BCUT2D eigenvalue weighted by atomic mass is 9.73. The van der Waals surface area contributed by atoms with Crippen LogP contribution in [-0.4, -0.2) is 41.6 Å². The highest BCUT2D eigenvalue weighted by atomic mass is 16.5. The van der Waals surface area contributed by atoms with Gasteiger partial charge in [0, 0.05) is 23.0 Å². The van der Waals surface area contributed by atoms with Crippen LogP contribution in [0.3, 0.4) is 0 Å². The first-order chi connectivity index (χ1) is 10.8. The van der Waals surface area contributed by atoms with Gasteiger partial charge in [-0.05, 0) is 43.6 Å². The first kappa shape index (κ1) is 13.8. The van der Waals surface area contributed by atoms with E-state index in [1.165, 1.54) is 11.1 Å². The van der Waals surface area contributed by atoms with Crippen molar-refractivity contribution in [2.24, 2.45) is 0 Å². The predicted molar refractivity (Wildman–Crippen MR) is 84.1 cm³/mol. The van der Waals surface area contributed by atoms with Crippen molar-refractivity contribution >= 4 is 0 Å². The van der Waals surface area contributed by atoms with E-state index in [4.69, 9.17) is 4.74 Å². The van der Waals surface area contributed by atoms with Gasteiger partial charge in [-0.3, -0.25) is 5.10 Å². The lowest BCUT2D eigenvalue weighted by Crippen LogP contribution is -2.42. The van der Waals surface area contributed by atoms with Crippen LogP contribution in [-0.2, 0) is 11.8 Å². The van der Waals surface area contributed by atoms with Crippen molar-refractivity contribution in [3.8, 4) is 17.0 Å². The molecule has 0 saturated carbocycles. The van der Waals surface area contributed by atoms with Crippen LogP contribution in [0.2, 0.25) is 0 Å². The van der Waals surface area contributed by atoms with Gasteiger partial charge in [-0.2, -0.15) is 5.10 Å². The Balaban J connectivity index is 1.82. The Hall–Kier alpha value is -1.85. The SMILES string of the molecule is OCC1(c2ccc3c(c2)-c2[nH]ncc2CCO3)CCNCC1. The van der Waals surface area contributed by atoms with E-state index in [1.807, 2.05) is 12.3 Å². The minimum atomic E-state index is -0.146. The lowest BCUT2D eigenvalue weighted by Gasteiger charge is -2.37. The molecule has 5 nitrogen and oxygen atoms in total. The average molecular weight is 299 g/mol. The Bertz CT molecular complexity index is 674. The quantitative estimate of drug-likeness (QED) is 0.788. The predicted octanol–water partition coefficient (Wildman–Crippen LogP) is 1.63. The van der Waals surface area contributed by atoms with Crippen LogP contribution in [0.5, 0.6) is 5.75 Å². The number of aromatic amines is 1. The molecule has 1 saturated heterocycles. The normalized spacial score (nSPS) is 19.7. The second-order valence-electron chi connectivity index (χ2n) is 6.27. The van der Waals surface area contributed by atoms with E-state index < -0.39 is 0 Å². The summed E-state index contributed by atoms with van der Waals surface area (Å²) in [5, 5.41) is 20.7. The van der Waals surface area contributed by atoms with Gasteiger partial charge in [-0.15, -0.1) is 0 Å². The molecule has 2 aromatic rings. The van der Waals surface area contributed by atoms with Gasteiger partial charge < -0.3 is 15.2 Å². The number of aromatic nitrogens is 2. The van der Waals surface area contributed by atoms with Gasteiger partial charge in [-0.25, -0.2) is 0 Å². The zero-order valence-electron chi connectivity index (χ0n) is 12.6. The molecule has 3 heterocycles. The Labute approximate surface area is 129 Å². The summed E-state index contributed by atoms with van der Waals surface area (Å²) in [7, 11) is 0. The number of nitrogens with one attached hydrogen (secondary N) is 2. The van der Waals surface area contributed by atoms with Crippen LogP contribution < -0.4 is 10.1 Å². The number of fused-ring (bicyclic) bond motifs is 3. The highest BCUT2D eigenvalue weighted by molar-refractivity contribution is 5.71. The number of H-pyrrole nitrogens is 1. The third-order valence-electron chi connectivity index (χ3n) is 5.07. The molecule has 1 fully saturated rings. The van der Waals surface area contributed by atoms with E-state index in [0.29, 0.717) is 6.61 Å². The fraction of sp³-hybridized carbons (Fsp3) is 0.471. The minimum Gasteiger partial charge on any atom is -0.493 e. The summed E-state index contributed by atoms with van der Waals surface area (Å²) < 4.78 is 5.88. The van der Waals surface area contributed by atoms with Gasteiger partial charge in [0.2, 0.25) is 0 Å². The Morgan fingerprint density at radius 2 is 2.14 bits per heavy atom. The first-order valence-corrected chi connectivity index (χ1v) is 7.94. The molecular formula is C17H21N3O2. The van der Waals surface area contributed by atoms with Crippen molar-refractivity contribution in [3.05, 3.63) is 35.5 Å². The van der Waals surface area contributed by atoms with Gasteiger partial charge in [0.05, 0.1) is 25.1 Å². The van der Waals surface area contributed by atoms with Gasteiger partial charge >= 0.3 is 0 Å². The molecule has 0 spiro atoms. The van der Waals surface area contributed by atoms with E-state index in [1.54, 1.807) is 0 Å². The molecule has 0 amide bonds. The average Bonchev–Trinajstić information content (AvgIpc) is 2.97. The number of nitrogens with zero attached hydrogens (tertiary/aromatic N) is 1. The molecule has 0 unspecified atom stereocenters. The second-order valence-corrected chi connectivity index (χ2v) is 6.27. The number of hydrogen-bond acceptors (Lipinski definition) is 4. The zero-order chi connectivity index (χ0) is 15.0. The van der Waals surface area contributed by atoms with Crippen LogP contribution in [0.1, 0.15) is 24.0 Å². The fourth-order valence-corrected chi connectivity index (χ4v) is 3.63. The molecule has 4 rings (SSSR count). The molecule has 0 bridgehead atoms. The summed E-state index contributed by atoms with van der Waals surface area (Å²) in [5.41, 5.74) is 4.36. The molecule has 22 heavy (non-hydrogen) atoms. The Morgan fingerprint density at radius 1 is 1.27 bits per heavy atom. The minimum absolute atomic E-state index is 0.146. The number of benzene rings is 1. The van der Waals surface area contributed by atoms with E-state index in [9.17, 15) is 5.11 Å². The Kier molecular flexibility index (Phi) is 3.39. The van der Waals surface area contributed by atoms with Crippen molar-refractivity contribution in [2.75, 3.05) is 26.3 Å². The smallest absolute Gasteiger partial charge is 0.128 e. The molecular weight excluding hydrogens is 278 g/mol. The summed E-state index contributed by atoms with van der Waals surface area (Å²) in [6, 6.07) is 6.33. The van der Waals surface area contributed by atoms with Gasteiger partial charge in [0.25, 0.3) is 0 Å². The molecule has 2 aliphatic rings. The van der Waals surface area contributed by atoms with Gasteiger partial charge in [-0.1, -0.05) is 6.07 Å². The Morgan fingerprint density at radius 3 is 2.95 bits per heavy atom. The van der Waals surface area contributed by atoms with Crippen LogP contribution >= 0.6 is 0 Å². The van der Waals surface area contributed by atoms with Crippen molar-refractivity contribution in [2.45, 2.75) is 24.7 Å². The number of aliphatic hydroxyl groups excluding tert-OH is 1. The van der Waals surface area contributed by atoms with Crippen molar-refractivity contribution in [3.63, 3.8) is 0 Å². The monoisotopic (exact) mass is 299 g/mol. The molecule has 1 aromatic heterocycles. The van der Waals surface area contributed by atoms with E-state index >= 15 is 0 Å². The molecule has 116 valence electrons. The number of rotatable bonds is 2. The number of ether oxygens (including phenoxy) is 1. The summed E-state index contributed by atoms with van der Waals surface area (Å²) in [5.74, 6) is 0.897. The van der Waals surface area contributed by atoms with Gasteiger partial charge in [0.15, 0.2) is 0 Å². The molecule has 3 N–H and O–H groups in total. The number of piperidine rings is 1. The standard InChI is InChI=1S/C17H21N3O2/c21-11-17(4-6-18-7-5-17)13-1-2-15-14(9-13)16-12(3-8-22-15)10-19-20-16/h1-2,9-10,18,21H,3-8,11H2,(H,19,20). The third-order valence-corrected chi connectivity index (χ3v) is 5.07. The van der Waals surface area contributed by atoms with Gasteiger partial charge in [0.1, 0.15) is 5.75 Å². The van der Waals surface area contributed by atoms with Crippen molar-refractivity contribution in [1.29, 1.82) is 0 Å². The fourth-order valence-electron chi connectivity index (χ4n) is 3.63. The highest BCUT2D eigenvalue weighted by Crippen LogP contribution is 2.40. The largest absolute Gasteiger partial charge is 0.493 e. The van der Waals surface area contributed by atoms with E-state index in [-0.39, 0.29) is 12.0 Å². The molecule has 1 aromatic carbocycles. The summed E-state index contributed by atoms with van der Waals surface area (Å²) >= 11 is 0. The van der Waals surface area contributed by atoms with Crippen molar-refractivity contribution in [1.82, 2.24) is 15.5 Å². The number of hydrogen-bond donors (Lipinski definition) is 3. The summed E-state index contributed by atoms with van der Waals surface area (Å²) in [4.78, 5) is 0. The molecule has 5 heteroatoms. The molecule has 0 aliphatic carbocycles. The highest BCUT2D eigenvalue weighted by Gasteiger charge is 2.34. The third kappa shape index (κ3) is 2.12.